The summed E-state index contributed by atoms with van der Waals surface area (Å²) < 4.78 is 7.38. The molecule has 0 aliphatic rings. The van der Waals surface area contributed by atoms with E-state index in [0.29, 0.717) is 0 Å². The van der Waals surface area contributed by atoms with Gasteiger partial charge in [-0.15, -0.1) is 0 Å². The van der Waals surface area contributed by atoms with Crippen LogP contribution in [-0.2, 0) is 0 Å². The molecule has 0 saturated heterocycles. The van der Waals surface area contributed by atoms with Gasteiger partial charge < -0.3 is 12.7 Å². The second-order valence-electron chi connectivity index (χ2n) is 16.3. The zero-order valence-corrected chi connectivity index (χ0v) is 36.5. The molecule has 0 amide bonds. The molecule has 3 heterocycles. The summed E-state index contributed by atoms with van der Waals surface area (Å²) in [6.07, 6.45) is 25.4. The Morgan fingerprint density at radius 3 is 1.12 bits per heavy atom. The van der Waals surface area contributed by atoms with Gasteiger partial charge in [-0.25, -0.2) is 15.0 Å². The number of hydrogen-bond donors (Lipinski definition) is 0. The van der Waals surface area contributed by atoms with Crippen LogP contribution in [-0.4, -0.2) is 66.6 Å². The summed E-state index contributed by atoms with van der Waals surface area (Å²) in [5.41, 5.74) is 0. The van der Waals surface area contributed by atoms with E-state index in [4.69, 9.17) is 0 Å². The Morgan fingerprint density at radius 1 is 0.460 bits per heavy atom. The third-order valence-corrected chi connectivity index (χ3v) is 29.3. The van der Waals surface area contributed by atoms with E-state index in [-0.39, 0.29) is 7.92 Å². The van der Waals surface area contributed by atoms with Crippen LogP contribution in [0.5, 0.6) is 0 Å². The summed E-state index contributed by atoms with van der Waals surface area (Å²) in [6.45, 7) is 15.2. The normalized spacial score (nSPS) is 12.9. The van der Waals surface area contributed by atoms with Crippen LogP contribution in [0, 0.1) is 0 Å². The van der Waals surface area contributed by atoms with Crippen molar-refractivity contribution in [3.63, 3.8) is 0 Å². The maximum absolute atomic E-state index is 4.42. The first-order valence-electron chi connectivity index (χ1n) is 18.8. The van der Waals surface area contributed by atoms with Crippen molar-refractivity contribution in [3.05, 3.63) is 117 Å². The summed E-state index contributed by atoms with van der Waals surface area (Å²) in [6, 6.07) is 32.6. The average molecular weight is 757 g/mol. The Morgan fingerprint density at radius 2 is 0.800 bits per heavy atom. The molecule has 0 bridgehead atoms. The predicted octanol–water partition coefficient (Wildman–Crippen LogP) is 9.98. The number of aromatic nitrogens is 6. The van der Waals surface area contributed by atoms with Crippen molar-refractivity contribution in [2.45, 2.75) is 107 Å². The molecule has 0 N–H and O–H groups in total. The van der Waals surface area contributed by atoms with Gasteiger partial charge in [-0.2, -0.15) is 0 Å². The van der Waals surface area contributed by atoms with Crippen molar-refractivity contribution in [1.29, 1.82) is 0 Å². The van der Waals surface area contributed by atoms with Crippen molar-refractivity contribution < 1.29 is 0 Å². The Kier molecular flexibility index (Phi) is 13.7. The molecule has 0 aliphatic carbocycles. The number of benzene rings is 2. The van der Waals surface area contributed by atoms with Crippen LogP contribution in [0.25, 0.3) is 0 Å². The molecule has 0 atom stereocenters. The first-order chi connectivity index (χ1) is 24.0. The molecule has 6 nitrogen and oxygen atoms in total. The fourth-order valence-electron chi connectivity index (χ4n) is 7.91. The molecule has 11 heteroatoms. The minimum absolute atomic E-state index is 0.361. The Hall–Kier alpha value is -2.63. The molecule has 0 aliphatic heterocycles. The highest BCUT2D eigenvalue weighted by molar-refractivity contribution is 7.73. The van der Waals surface area contributed by atoms with Crippen LogP contribution in [0.4, 0.5) is 0 Å². The van der Waals surface area contributed by atoms with E-state index >= 15 is 0 Å². The van der Waals surface area contributed by atoms with Crippen LogP contribution >= 0.6 is 7.92 Å². The second kappa shape index (κ2) is 17.7. The van der Waals surface area contributed by atoms with E-state index < -0.39 is 32.8 Å². The van der Waals surface area contributed by atoms with Crippen LogP contribution < -0.4 is 10.6 Å². The first-order valence-corrected chi connectivity index (χ1v) is 32.6. The van der Waals surface area contributed by atoms with E-state index in [2.05, 4.69) is 165 Å². The van der Waals surface area contributed by atoms with Gasteiger partial charge in [0.05, 0.1) is 27.1 Å². The largest absolute Gasteiger partial charge is 0.365 e. The summed E-state index contributed by atoms with van der Waals surface area (Å²) in [7, 11) is -6.74. The van der Waals surface area contributed by atoms with Crippen molar-refractivity contribution in [1.82, 2.24) is 27.6 Å². The van der Waals surface area contributed by atoms with Crippen molar-refractivity contribution in [2.24, 2.45) is 0 Å². The van der Waals surface area contributed by atoms with Gasteiger partial charge in [-0.1, -0.05) is 150 Å². The van der Waals surface area contributed by atoms with E-state index in [9.17, 15) is 0 Å². The highest BCUT2D eigenvalue weighted by Crippen LogP contribution is 2.40. The molecular formula is C39H61N6PSi4. The maximum Gasteiger partial charge on any atom is 0.157 e. The molecule has 5 rings (SSSR count). The molecular weight excluding hydrogens is 696 g/mol. The smallest absolute Gasteiger partial charge is 0.157 e. The molecule has 0 spiro atoms. The van der Waals surface area contributed by atoms with E-state index in [1.54, 1.807) is 0 Å². The molecule has 2 aromatic carbocycles. The molecule has 5 aromatic rings. The molecule has 0 unspecified atom stereocenters. The minimum Gasteiger partial charge on any atom is -0.365 e. The highest BCUT2D eigenvalue weighted by atomic mass is 31.1. The summed E-state index contributed by atoms with van der Waals surface area (Å²) in [5, 5.41) is 3.05. The Bertz CT molecular complexity index is 1480. The summed E-state index contributed by atoms with van der Waals surface area (Å²) in [4.78, 5) is 13.3. The number of imidazole rings is 3. The Labute approximate surface area is 307 Å². The molecule has 0 saturated carbocycles. The van der Waals surface area contributed by atoms with Crippen LogP contribution in [0.3, 0.4) is 0 Å². The molecule has 0 fully saturated rings. The van der Waals surface area contributed by atoms with Crippen LogP contribution in [0.2, 0.25) is 81.6 Å². The summed E-state index contributed by atoms with van der Waals surface area (Å²) in [5.74, 6) is 0. The highest BCUT2D eigenvalue weighted by Gasteiger charge is 2.36. The first kappa shape index (κ1) is 38.6. The van der Waals surface area contributed by atoms with E-state index in [1.165, 1.54) is 84.8 Å². The molecule has 3 aromatic heterocycles. The van der Waals surface area contributed by atoms with Gasteiger partial charge in [-0.05, 0) is 42.8 Å². The lowest BCUT2D eigenvalue weighted by Gasteiger charge is -2.36. The third-order valence-electron chi connectivity index (χ3n) is 11.3. The number of hydrogen-bond acceptors (Lipinski definition) is 3. The lowest BCUT2D eigenvalue weighted by atomic mass is 10.4. The standard InChI is InChI=1S/C39H61N6PSi4/c1-47(2,43-24-21-40-35-43)28-14-32-50(33-15-29-48(3,4)44-25-22-41-36-44,34-16-30-49(5,6)45-26-23-42-37-45)31-13-27-46(38-17-9-7-10-18-38)39-19-11-8-12-20-39/h7-12,17-26,35-37H,13-16,27-34H2,1-6H3. The predicted molar refractivity (Wildman–Crippen MR) is 227 cm³/mol. The minimum atomic E-state index is -1.62. The van der Waals surface area contributed by atoms with Gasteiger partial charge in [0.2, 0.25) is 0 Å². The zero-order chi connectivity index (χ0) is 35.5. The fourth-order valence-corrected chi connectivity index (χ4v) is 23.3. The van der Waals surface area contributed by atoms with Gasteiger partial charge in [0.15, 0.2) is 24.7 Å². The second-order valence-corrected chi connectivity index (χ2v) is 37.6. The number of rotatable bonds is 21. The maximum atomic E-state index is 4.42. The van der Waals surface area contributed by atoms with Crippen molar-refractivity contribution in [2.75, 3.05) is 6.16 Å². The average Bonchev–Trinajstić information content (AvgIpc) is 3.92. The summed E-state index contributed by atoms with van der Waals surface area (Å²) >= 11 is 0. The van der Waals surface area contributed by atoms with Gasteiger partial charge in [0, 0.05) is 37.2 Å². The van der Waals surface area contributed by atoms with Gasteiger partial charge in [-0.3, -0.25) is 0 Å². The van der Waals surface area contributed by atoms with Crippen molar-refractivity contribution in [3.8, 4) is 0 Å². The van der Waals surface area contributed by atoms with Gasteiger partial charge >= 0.3 is 0 Å². The molecule has 268 valence electrons. The third kappa shape index (κ3) is 10.7. The SMILES string of the molecule is C[Si](C)(CCC[Si](CCCP(c1ccccc1)c1ccccc1)(CCC[Si](C)(C)n1ccnc1)CCC[Si](C)(C)n1ccnc1)n1ccnc1. The van der Waals surface area contributed by atoms with E-state index in [1.807, 2.05) is 18.6 Å². The fraction of sp³-hybridized carbons (Fsp3) is 0.462. The molecule has 0 radical (unpaired) electrons. The van der Waals surface area contributed by atoms with Gasteiger partial charge in [0.25, 0.3) is 0 Å². The monoisotopic (exact) mass is 756 g/mol. The van der Waals surface area contributed by atoms with E-state index in [0.717, 1.165) is 0 Å². The van der Waals surface area contributed by atoms with Crippen LogP contribution in [0.15, 0.2) is 117 Å². The lowest BCUT2D eigenvalue weighted by Crippen LogP contribution is -2.40. The quantitative estimate of drug-likeness (QED) is 0.0554. The van der Waals surface area contributed by atoms with Crippen molar-refractivity contribution >= 4 is 51.3 Å². The molecule has 50 heavy (non-hydrogen) atoms. The Balaban J connectivity index is 1.38. The topological polar surface area (TPSA) is 53.5 Å². The number of nitrogens with zero attached hydrogens (tertiary/aromatic N) is 6. The van der Waals surface area contributed by atoms with Crippen LogP contribution in [0.1, 0.15) is 25.7 Å². The lowest BCUT2D eigenvalue weighted by molar-refractivity contribution is 0.855. The van der Waals surface area contributed by atoms with Gasteiger partial charge in [0.1, 0.15) is 0 Å². The zero-order valence-electron chi connectivity index (χ0n) is 31.6.